The topological polar surface area (TPSA) is 61.8 Å². The second-order valence-corrected chi connectivity index (χ2v) is 14.3. The lowest BCUT2D eigenvalue weighted by molar-refractivity contribution is -0.153. The summed E-state index contributed by atoms with van der Waals surface area (Å²) in [6.45, 7) is 21.4. The van der Waals surface area contributed by atoms with Crippen LogP contribution in [0.25, 0.3) is 0 Å². The van der Waals surface area contributed by atoms with Gasteiger partial charge in [0.05, 0.1) is 19.1 Å². The van der Waals surface area contributed by atoms with Crippen LogP contribution in [0.15, 0.2) is 12.2 Å². The van der Waals surface area contributed by atoms with Crippen molar-refractivity contribution in [3.05, 3.63) is 12.2 Å². The Balaban J connectivity index is 2.48. The van der Waals surface area contributed by atoms with Gasteiger partial charge in [0, 0.05) is 11.3 Å². The number of ether oxygens (including phenoxy) is 2. The number of hydrogen-bond acceptors (Lipinski definition) is 5. The smallest absolute Gasteiger partial charge is 0.315 e. The number of carbonyl (C=O) groups is 2. The molecule has 1 heterocycles. The first-order chi connectivity index (χ1) is 11.7. The molecule has 4 atom stereocenters. The monoisotopic (exact) mass is 382 g/mol. The van der Waals surface area contributed by atoms with E-state index in [1.165, 1.54) is 0 Å². The molecule has 4 unspecified atom stereocenters. The van der Waals surface area contributed by atoms with Gasteiger partial charge in [-0.1, -0.05) is 39.8 Å². The van der Waals surface area contributed by atoms with Gasteiger partial charge in [-0.05, 0) is 32.0 Å². The Hall–Kier alpha value is -1.14. The van der Waals surface area contributed by atoms with E-state index in [-0.39, 0.29) is 35.9 Å². The quantitative estimate of drug-likeness (QED) is 0.407. The van der Waals surface area contributed by atoms with E-state index in [1.54, 1.807) is 6.92 Å². The van der Waals surface area contributed by atoms with E-state index in [4.69, 9.17) is 13.9 Å². The van der Waals surface area contributed by atoms with Gasteiger partial charge in [-0.2, -0.15) is 0 Å². The third kappa shape index (κ3) is 2.95. The summed E-state index contributed by atoms with van der Waals surface area (Å²) in [6, 6.07) is 0. The molecule has 2 fully saturated rings. The molecule has 2 rings (SSSR count). The zero-order valence-corrected chi connectivity index (χ0v) is 18.5. The van der Waals surface area contributed by atoms with Crippen LogP contribution < -0.4 is 0 Å². The van der Waals surface area contributed by atoms with E-state index in [2.05, 4.69) is 40.4 Å². The summed E-state index contributed by atoms with van der Waals surface area (Å²) in [5.74, 6) is -0.773. The molecule has 5 nitrogen and oxygen atoms in total. The molecule has 2 aliphatic rings. The highest BCUT2D eigenvalue weighted by atomic mass is 28.4. The van der Waals surface area contributed by atoms with E-state index in [9.17, 15) is 9.59 Å². The van der Waals surface area contributed by atoms with Crippen LogP contribution in [0.4, 0.5) is 0 Å². The van der Waals surface area contributed by atoms with Gasteiger partial charge >= 0.3 is 11.9 Å². The van der Waals surface area contributed by atoms with Crippen LogP contribution in [0, 0.1) is 16.7 Å². The van der Waals surface area contributed by atoms with Gasteiger partial charge in [-0.15, -0.1) is 0 Å². The summed E-state index contributed by atoms with van der Waals surface area (Å²) in [5.41, 5.74) is -0.506. The van der Waals surface area contributed by atoms with Gasteiger partial charge in [-0.3, -0.25) is 9.59 Å². The van der Waals surface area contributed by atoms with E-state index in [0.29, 0.717) is 6.61 Å². The Labute approximate surface area is 158 Å². The molecule has 0 aromatic rings. The number of cyclic esters (lactones) is 1. The molecule has 148 valence electrons. The van der Waals surface area contributed by atoms with Crippen LogP contribution in [0.2, 0.25) is 18.1 Å². The average molecular weight is 383 g/mol. The van der Waals surface area contributed by atoms with Gasteiger partial charge in [-0.25, -0.2) is 0 Å². The molecular formula is C20H34O5Si. The summed E-state index contributed by atoms with van der Waals surface area (Å²) >= 11 is 0. The van der Waals surface area contributed by atoms with Crippen molar-refractivity contribution >= 4 is 20.3 Å². The zero-order chi connectivity index (χ0) is 20.1. The molecule has 1 aliphatic carbocycles. The summed E-state index contributed by atoms with van der Waals surface area (Å²) in [5, 5.41) is -0.0132. The maximum absolute atomic E-state index is 12.8. The molecule has 0 aromatic carbocycles. The van der Waals surface area contributed by atoms with E-state index in [0.717, 1.165) is 5.57 Å². The van der Waals surface area contributed by atoms with Gasteiger partial charge < -0.3 is 13.9 Å². The number of hydrogen-bond donors (Lipinski definition) is 0. The largest absolute Gasteiger partial charge is 0.466 e. The summed E-state index contributed by atoms with van der Waals surface area (Å²) in [7, 11) is -2.18. The van der Waals surface area contributed by atoms with E-state index >= 15 is 0 Å². The van der Waals surface area contributed by atoms with Crippen LogP contribution >= 0.6 is 0 Å². The lowest BCUT2D eigenvalue weighted by Crippen LogP contribution is -2.52. The van der Waals surface area contributed by atoms with Crippen molar-refractivity contribution in [2.75, 3.05) is 13.2 Å². The Bertz CT molecular complexity index is 620. The molecule has 0 amide bonds. The second-order valence-electron chi connectivity index (χ2n) is 9.55. The molecular weight excluding hydrogens is 348 g/mol. The third-order valence-corrected chi connectivity index (χ3v) is 11.5. The van der Waals surface area contributed by atoms with Gasteiger partial charge in [0.2, 0.25) is 0 Å². The van der Waals surface area contributed by atoms with Crippen molar-refractivity contribution in [3.63, 3.8) is 0 Å². The van der Waals surface area contributed by atoms with Crippen molar-refractivity contribution in [1.29, 1.82) is 0 Å². The summed E-state index contributed by atoms with van der Waals surface area (Å²) in [4.78, 5) is 25.0. The van der Waals surface area contributed by atoms with Crippen molar-refractivity contribution in [2.24, 2.45) is 16.7 Å². The second kappa shape index (κ2) is 6.48. The average Bonchev–Trinajstić information content (AvgIpc) is 2.82. The normalized spacial score (nSPS) is 34.6. The van der Waals surface area contributed by atoms with Crippen LogP contribution in [0.1, 0.15) is 48.0 Å². The lowest BCUT2D eigenvalue weighted by Gasteiger charge is -2.43. The zero-order valence-electron chi connectivity index (χ0n) is 17.5. The Kier molecular flexibility index (Phi) is 5.27. The van der Waals surface area contributed by atoms with Crippen molar-refractivity contribution in [1.82, 2.24) is 0 Å². The van der Waals surface area contributed by atoms with Gasteiger partial charge in [0.15, 0.2) is 8.32 Å². The van der Waals surface area contributed by atoms with E-state index < -0.39 is 25.3 Å². The predicted molar refractivity (Wildman–Crippen MR) is 103 cm³/mol. The highest BCUT2D eigenvalue weighted by Crippen LogP contribution is 2.64. The highest BCUT2D eigenvalue weighted by molar-refractivity contribution is 6.74. The Morgan fingerprint density at radius 1 is 1.35 bits per heavy atom. The van der Waals surface area contributed by atoms with Crippen molar-refractivity contribution in [2.45, 2.75) is 72.2 Å². The molecule has 0 aromatic heterocycles. The highest BCUT2D eigenvalue weighted by Gasteiger charge is 2.71. The fourth-order valence-corrected chi connectivity index (χ4v) is 5.30. The Morgan fingerprint density at radius 3 is 2.42 bits per heavy atom. The summed E-state index contributed by atoms with van der Waals surface area (Å²) in [6.07, 6.45) is -0.245. The third-order valence-electron chi connectivity index (χ3n) is 7.07. The van der Waals surface area contributed by atoms with Crippen LogP contribution in [0.3, 0.4) is 0 Å². The molecule has 1 aliphatic heterocycles. The molecule has 0 radical (unpaired) electrons. The minimum atomic E-state index is -2.18. The van der Waals surface area contributed by atoms with Crippen LogP contribution in [-0.2, 0) is 23.5 Å². The first kappa shape index (κ1) is 21.2. The maximum Gasteiger partial charge on any atom is 0.315 e. The minimum Gasteiger partial charge on any atom is -0.466 e. The number of fused-ring (bicyclic) bond motifs is 1. The standard InChI is InChI=1S/C20H34O5Si/c1-10-23-15(21)11-14-13(2)19(6)12-24-17(22)20(19,7)16(14)25-26(8,9)18(3,4)5/h14,16H,2,10-12H2,1,3-9H3. The molecule has 1 saturated heterocycles. The number of esters is 2. The number of carbonyl (C=O) groups excluding carboxylic acids is 2. The Morgan fingerprint density at radius 2 is 1.92 bits per heavy atom. The van der Waals surface area contributed by atoms with Crippen LogP contribution in [-0.4, -0.2) is 39.6 Å². The van der Waals surface area contributed by atoms with Crippen LogP contribution in [0.5, 0.6) is 0 Å². The lowest BCUT2D eigenvalue weighted by atomic mass is 9.68. The fourth-order valence-electron chi connectivity index (χ4n) is 3.91. The predicted octanol–water partition coefficient (Wildman–Crippen LogP) is 4.09. The number of rotatable bonds is 5. The van der Waals surface area contributed by atoms with Gasteiger partial charge in [0.25, 0.3) is 0 Å². The van der Waals surface area contributed by atoms with Crippen molar-refractivity contribution < 1.29 is 23.5 Å². The first-order valence-corrected chi connectivity index (χ1v) is 12.3. The SMILES string of the molecule is C=C1C(CC(=O)OCC)C(O[Si](C)(C)C(C)(C)C)C2(C)C(=O)OCC12C. The van der Waals surface area contributed by atoms with Gasteiger partial charge in [0.1, 0.15) is 12.0 Å². The minimum absolute atomic E-state index is 0.0132. The molecule has 0 N–H and O–H groups in total. The molecule has 0 spiro atoms. The van der Waals surface area contributed by atoms with E-state index in [1.807, 2.05) is 13.8 Å². The fraction of sp³-hybridized carbons (Fsp3) is 0.800. The molecule has 0 bridgehead atoms. The molecule has 1 saturated carbocycles. The molecule has 26 heavy (non-hydrogen) atoms. The maximum atomic E-state index is 12.8. The van der Waals surface area contributed by atoms with Crippen molar-refractivity contribution in [3.8, 4) is 0 Å². The molecule has 6 heteroatoms. The summed E-state index contributed by atoms with van der Waals surface area (Å²) < 4.78 is 17.4. The first-order valence-electron chi connectivity index (χ1n) is 9.42.